The second-order valence-corrected chi connectivity index (χ2v) is 9.15. The minimum Gasteiger partial charge on any atom is -0.493 e. The fourth-order valence-corrected chi connectivity index (χ4v) is 5.20. The van der Waals surface area contributed by atoms with Crippen LogP contribution in [0.4, 0.5) is 5.69 Å². The normalized spacial score (nSPS) is 15.3. The van der Waals surface area contributed by atoms with Crippen molar-refractivity contribution in [3.63, 3.8) is 0 Å². The Balaban J connectivity index is 1.85. The molecule has 2 N–H and O–H groups in total. The molecule has 0 aliphatic carbocycles. The highest BCUT2D eigenvalue weighted by Crippen LogP contribution is 2.50. The standard InChI is InChI=1S/C25H25NO5S/c1-13(2)31-18-10-9-16(11-19(18)30-4)17-12-20(27)26-22-21(15-7-5-14(3)6-8-15)24(25(28)29)32-23(17)22/h5-11,13,17H,12H2,1-4H3,(H,26,27)(H,28,29). The first-order valence-corrected chi connectivity index (χ1v) is 11.2. The number of fused-ring (bicyclic) bond motifs is 1. The van der Waals surface area contributed by atoms with E-state index in [0.29, 0.717) is 22.7 Å². The molecule has 166 valence electrons. The van der Waals surface area contributed by atoms with Crippen molar-refractivity contribution in [2.24, 2.45) is 0 Å². The van der Waals surface area contributed by atoms with Gasteiger partial charge in [-0.1, -0.05) is 35.9 Å². The number of thiophene rings is 1. The predicted octanol–water partition coefficient (Wildman–Crippen LogP) is 5.69. The zero-order valence-corrected chi connectivity index (χ0v) is 19.2. The van der Waals surface area contributed by atoms with Crippen molar-refractivity contribution in [2.45, 2.75) is 39.2 Å². The molecule has 0 radical (unpaired) electrons. The van der Waals surface area contributed by atoms with Gasteiger partial charge in [0.25, 0.3) is 0 Å². The number of carboxylic acid groups (broad SMARTS) is 1. The number of anilines is 1. The van der Waals surface area contributed by atoms with E-state index in [1.54, 1.807) is 7.11 Å². The highest BCUT2D eigenvalue weighted by atomic mass is 32.1. The summed E-state index contributed by atoms with van der Waals surface area (Å²) < 4.78 is 11.3. The van der Waals surface area contributed by atoms with Crippen molar-refractivity contribution in [3.05, 3.63) is 63.3 Å². The number of rotatable bonds is 6. The summed E-state index contributed by atoms with van der Waals surface area (Å²) in [6.45, 7) is 5.86. The Morgan fingerprint density at radius 3 is 2.50 bits per heavy atom. The van der Waals surface area contributed by atoms with Gasteiger partial charge in [0.15, 0.2) is 11.5 Å². The van der Waals surface area contributed by atoms with E-state index in [1.165, 1.54) is 11.3 Å². The summed E-state index contributed by atoms with van der Waals surface area (Å²) in [5.74, 6) is -0.219. The Morgan fingerprint density at radius 1 is 1.16 bits per heavy atom. The van der Waals surface area contributed by atoms with Crippen LogP contribution in [0.3, 0.4) is 0 Å². The summed E-state index contributed by atoms with van der Waals surface area (Å²) in [5.41, 5.74) is 3.86. The molecule has 0 saturated heterocycles. The van der Waals surface area contributed by atoms with E-state index in [9.17, 15) is 14.7 Å². The Bertz CT molecular complexity index is 1180. The molecule has 0 spiro atoms. The monoisotopic (exact) mass is 451 g/mol. The number of aryl methyl sites for hydroxylation is 1. The van der Waals surface area contributed by atoms with Gasteiger partial charge in [-0.25, -0.2) is 4.79 Å². The first-order valence-electron chi connectivity index (χ1n) is 10.4. The molecule has 1 unspecified atom stereocenters. The van der Waals surface area contributed by atoms with Gasteiger partial charge >= 0.3 is 5.97 Å². The molecule has 1 atom stereocenters. The maximum absolute atomic E-state index is 12.7. The fraction of sp³-hybridized carbons (Fsp3) is 0.280. The highest BCUT2D eigenvalue weighted by molar-refractivity contribution is 7.15. The van der Waals surface area contributed by atoms with Crippen LogP contribution in [0, 0.1) is 6.92 Å². The second kappa shape index (κ2) is 8.67. The van der Waals surface area contributed by atoms with Crippen LogP contribution < -0.4 is 14.8 Å². The van der Waals surface area contributed by atoms with Crippen LogP contribution in [0.5, 0.6) is 11.5 Å². The van der Waals surface area contributed by atoms with Gasteiger partial charge in [-0.3, -0.25) is 4.79 Å². The lowest BCUT2D eigenvalue weighted by Crippen LogP contribution is -2.22. The molecule has 2 heterocycles. The van der Waals surface area contributed by atoms with Gasteiger partial charge in [0.2, 0.25) is 5.91 Å². The van der Waals surface area contributed by atoms with Crippen LogP contribution >= 0.6 is 11.3 Å². The number of hydrogen-bond donors (Lipinski definition) is 2. The van der Waals surface area contributed by atoms with Crippen molar-refractivity contribution in [1.82, 2.24) is 0 Å². The second-order valence-electron chi connectivity index (χ2n) is 8.10. The maximum Gasteiger partial charge on any atom is 0.346 e. The Kier molecular flexibility index (Phi) is 5.93. The summed E-state index contributed by atoms with van der Waals surface area (Å²) in [6, 6.07) is 13.3. The number of carboxylic acids is 1. The van der Waals surface area contributed by atoms with Crippen molar-refractivity contribution in [2.75, 3.05) is 12.4 Å². The Hall–Kier alpha value is -3.32. The number of aromatic carboxylic acids is 1. The quantitative estimate of drug-likeness (QED) is 0.503. The average Bonchev–Trinajstić information content (AvgIpc) is 3.13. The van der Waals surface area contributed by atoms with Crippen molar-refractivity contribution >= 4 is 28.9 Å². The maximum atomic E-state index is 12.7. The number of carbonyl (C=O) groups excluding carboxylic acids is 1. The van der Waals surface area contributed by atoms with E-state index >= 15 is 0 Å². The van der Waals surface area contributed by atoms with Crippen molar-refractivity contribution < 1.29 is 24.2 Å². The van der Waals surface area contributed by atoms with E-state index in [0.717, 1.165) is 21.6 Å². The van der Waals surface area contributed by atoms with Crippen LogP contribution in [0.25, 0.3) is 11.1 Å². The summed E-state index contributed by atoms with van der Waals surface area (Å²) in [6.07, 6.45) is 0.224. The van der Waals surface area contributed by atoms with E-state index in [-0.39, 0.29) is 29.2 Å². The molecule has 1 amide bonds. The third kappa shape index (κ3) is 4.08. The summed E-state index contributed by atoms with van der Waals surface area (Å²) in [4.78, 5) is 25.8. The van der Waals surface area contributed by atoms with Crippen LogP contribution in [0.1, 0.15) is 51.9 Å². The van der Waals surface area contributed by atoms with E-state index in [1.807, 2.05) is 63.2 Å². The third-order valence-electron chi connectivity index (χ3n) is 5.39. The lowest BCUT2D eigenvalue weighted by Gasteiger charge is -2.25. The molecule has 0 fully saturated rings. The molecule has 6 nitrogen and oxygen atoms in total. The van der Waals surface area contributed by atoms with Crippen molar-refractivity contribution in [3.8, 4) is 22.6 Å². The Morgan fingerprint density at radius 2 is 1.88 bits per heavy atom. The van der Waals surface area contributed by atoms with Gasteiger partial charge in [-0.15, -0.1) is 11.3 Å². The van der Waals surface area contributed by atoms with E-state index in [2.05, 4.69) is 5.32 Å². The molecule has 1 aliphatic heterocycles. The number of hydrogen-bond acceptors (Lipinski definition) is 5. The van der Waals surface area contributed by atoms with Crippen LogP contribution in [0.15, 0.2) is 42.5 Å². The zero-order chi connectivity index (χ0) is 23.0. The molecule has 1 aromatic heterocycles. The summed E-state index contributed by atoms with van der Waals surface area (Å²) >= 11 is 1.22. The number of nitrogens with one attached hydrogen (secondary N) is 1. The number of methoxy groups -OCH3 is 1. The lowest BCUT2D eigenvalue weighted by atomic mass is 9.88. The predicted molar refractivity (Wildman–Crippen MR) is 125 cm³/mol. The summed E-state index contributed by atoms with van der Waals surface area (Å²) in [5, 5.41) is 12.9. The first kappa shape index (κ1) is 21.9. The largest absolute Gasteiger partial charge is 0.493 e. The molecule has 4 rings (SSSR count). The minimum atomic E-state index is -1.01. The molecular formula is C25H25NO5S. The van der Waals surface area contributed by atoms with Crippen LogP contribution in [-0.2, 0) is 4.79 Å². The van der Waals surface area contributed by atoms with Gasteiger partial charge in [0.1, 0.15) is 4.88 Å². The van der Waals surface area contributed by atoms with E-state index in [4.69, 9.17) is 9.47 Å². The van der Waals surface area contributed by atoms with Crippen molar-refractivity contribution in [1.29, 1.82) is 0 Å². The van der Waals surface area contributed by atoms with Crippen LogP contribution in [0.2, 0.25) is 0 Å². The molecule has 0 saturated carbocycles. The topological polar surface area (TPSA) is 84.9 Å². The van der Waals surface area contributed by atoms with Gasteiger partial charge in [-0.05, 0) is 44.0 Å². The van der Waals surface area contributed by atoms with Gasteiger partial charge < -0.3 is 19.9 Å². The van der Waals surface area contributed by atoms with Crippen LogP contribution in [-0.4, -0.2) is 30.2 Å². The molecule has 2 aromatic carbocycles. The molecule has 3 aromatic rings. The number of amides is 1. The smallest absolute Gasteiger partial charge is 0.346 e. The number of benzene rings is 2. The number of carbonyl (C=O) groups is 2. The zero-order valence-electron chi connectivity index (χ0n) is 18.4. The molecule has 32 heavy (non-hydrogen) atoms. The highest BCUT2D eigenvalue weighted by Gasteiger charge is 2.34. The first-order chi connectivity index (χ1) is 15.3. The fourth-order valence-electron chi connectivity index (χ4n) is 3.95. The Labute approximate surface area is 190 Å². The summed E-state index contributed by atoms with van der Waals surface area (Å²) in [7, 11) is 1.58. The molecular weight excluding hydrogens is 426 g/mol. The van der Waals surface area contributed by atoms with Gasteiger partial charge in [0.05, 0.1) is 18.9 Å². The van der Waals surface area contributed by atoms with Gasteiger partial charge in [-0.2, -0.15) is 0 Å². The van der Waals surface area contributed by atoms with E-state index < -0.39 is 5.97 Å². The van der Waals surface area contributed by atoms with Gasteiger partial charge in [0, 0.05) is 22.8 Å². The third-order valence-corrected chi connectivity index (χ3v) is 6.68. The molecule has 1 aliphatic rings. The lowest BCUT2D eigenvalue weighted by molar-refractivity contribution is -0.116. The SMILES string of the molecule is COc1cc(C2CC(=O)Nc3c2sc(C(=O)O)c3-c2ccc(C)cc2)ccc1OC(C)C. The molecule has 7 heteroatoms. The average molecular weight is 452 g/mol. The minimum absolute atomic E-state index is 0.00528. The number of ether oxygens (including phenoxy) is 2. The molecule has 0 bridgehead atoms.